The van der Waals surface area contributed by atoms with E-state index in [1.54, 1.807) is 6.08 Å². The molecule has 2 aliphatic heterocycles. The molecule has 1 saturated heterocycles. The van der Waals surface area contributed by atoms with E-state index in [-0.39, 0.29) is 13.0 Å². The van der Waals surface area contributed by atoms with E-state index in [1.807, 2.05) is 30.3 Å². The quantitative estimate of drug-likeness (QED) is 0.698. The number of hydrogen-bond acceptors (Lipinski definition) is 5. The normalized spacial score (nSPS) is 20.4. The fourth-order valence-electron chi connectivity index (χ4n) is 4.25. The van der Waals surface area contributed by atoms with Crippen molar-refractivity contribution in [3.8, 4) is 0 Å². The number of allylic oxidation sites excluding steroid dienone is 4. The predicted molar refractivity (Wildman–Crippen MR) is 119 cm³/mol. The zero-order chi connectivity index (χ0) is 21.8. The van der Waals surface area contributed by atoms with E-state index in [0.29, 0.717) is 18.8 Å². The van der Waals surface area contributed by atoms with E-state index in [4.69, 9.17) is 5.11 Å². The maximum atomic E-state index is 13.5. The van der Waals surface area contributed by atoms with Gasteiger partial charge in [-0.2, -0.15) is 13.2 Å². The molecule has 0 atom stereocenters. The lowest BCUT2D eigenvalue weighted by Crippen LogP contribution is -2.47. The molecule has 1 N–H and O–H groups in total. The average molecular weight is 452 g/mol. The van der Waals surface area contributed by atoms with Crippen molar-refractivity contribution in [2.75, 3.05) is 57.3 Å². The topological polar surface area (TPSA) is 30.0 Å². The van der Waals surface area contributed by atoms with Gasteiger partial charge in [0, 0.05) is 54.6 Å². The van der Waals surface area contributed by atoms with Crippen LogP contribution in [-0.4, -0.2) is 73.5 Å². The van der Waals surface area contributed by atoms with Gasteiger partial charge in [0.1, 0.15) is 0 Å². The van der Waals surface area contributed by atoms with Gasteiger partial charge in [0.25, 0.3) is 0 Å². The highest BCUT2D eigenvalue weighted by atomic mass is 32.2. The van der Waals surface area contributed by atoms with Crippen LogP contribution < -0.4 is 4.90 Å². The summed E-state index contributed by atoms with van der Waals surface area (Å²) in [6, 6.07) is 7.94. The summed E-state index contributed by atoms with van der Waals surface area (Å²) in [6.45, 7) is 6.29. The first-order valence-corrected chi connectivity index (χ1v) is 11.6. The van der Waals surface area contributed by atoms with Crippen LogP contribution in [0.1, 0.15) is 12.8 Å². The second-order valence-corrected chi connectivity index (χ2v) is 9.09. The minimum atomic E-state index is -4.33. The Morgan fingerprint density at radius 3 is 2.39 bits per heavy atom. The largest absolute Gasteiger partial charge is 0.413 e. The lowest BCUT2D eigenvalue weighted by Gasteiger charge is -2.36. The van der Waals surface area contributed by atoms with Gasteiger partial charge in [0.05, 0.1) is 18.0 Å². The van der Waals surface area contributed by atoms with Crippen molar-refractivity contribution in [2.24, 2.45) is 0 Å². The highest BCUT2D eigenvalue weighted by Gasteiger charge is 2.35. The van der Waals surface area contributed by atoms with Crippen LogP contribution in [0.15, 0.2) is 63.6 Å². The third-order valence-electron chi connectivity index (χ3n) is 5.94. The third-order valence-corrected chi connectivity index (χ3v) is 7.07. The van der Waals surface area contributed by atoms with Gasteiger partial charge in [-0.3, -0.25) is 4.90 Å². The van der Waals surface area contributed by atoms with Gasteiger partial charge in [-0.1, -0.05) is 30.0 Å². The zero-order valence-corrected chi connectivity index (χ0v) is 18.3. The van der Waals surface area contributed by atoms with Crippen molar-refractivity contribution in [1.29, 1.82) is 0 Å². The maximum Gasteiger partial charge on any atom is 0.413 e. The summed E-state index contributed by atoms with van der Waals surface area (Å²) in [6.07, 6.45) is 1.24. The summed E-state index contributed by atoms with van der Waals surface area (Å²) in [5.41, 5.74) is 1.13. The summed E-state index contributed by atoms with van der Waals surface area (Å²) in [4.78, 5) is 8.66. The van der Waals surface area contributed by atoms with Crippen molar-refractivity contribution in [2.45, 2.75) is 23.9 Å². The molecule has 1 aromatic carbocycles. The number of piperazine rings is 1. The third kappa shape index (κ3) is 5.37. The number of fused-ring (bicyclic) bond motifs is 1. The Kier molecular flexibility index (Phi) is 7.11. The molecule has 3 aliphatic rings. The highest BCUT2D eigenvalue weighted by molar-refractivity contribution is 8.03. The number of aliphatic hydroxyl groups is 1. The molecule has 1 aromatic rings. The van der Waals surface area contributed by atoms with Crippen LogP contribution >= 0.6 is 11.8 Å². The number of benzene rings is 1. The monoisotopic (exact) mass is 451 g/mol. The van der Waals surface area contributed by atoms with Crippen LogP contribution in [0.2, 0.25) is 0 Å². The standard InChI is InChI=1S/C23H28F3N3OS/c24-23(25,26)18-5-3-8-22-20(17-18)29(19-6-1-2-7-21(19)31-22)10-4-9-27-11-13-28(14-12-27)15-16-30/h1-3,6-8,17,30H,4-5,9-16H2. The Hall–Kier alpha value is -1.74. The zero-order valence-electron chi connectivity index (χ0n) is 17.4. The van der Waals surface area contributed by atoms with E-state index >= 15 is 0 Å². The number of halogens is 3. The fourth-order valence-corrected chi connectivity index (χ4v) is 5.36. The summed E-state index contributed by atoms with van der Waals surface area (Å²) in [5.74, 6) is 0. The molecule has 0 bridgehead atoms. The number of thioether (sulfide) groups is 1. The van der Waals surface area contributed by atoms with Crippen LogP contribution in [-0.2, 0) is 0 Å². The lowest BCUT2D eigenvalue weighted by atomic mass is 10.1. The Balaban J connectivity index is 1.49. The molecule has 4 nitrogen and oxygen atoms in total. The minimum absolute atomic E-state index is 0.0979. The molecule has 168 valence electrons. The van der Waals surface area contributed by atoms with Gasteiger partial charge in [-0.05, 0) is 43.7 Å². The van der Waals surface area contributed by atoms with E-state index in [1.165, 1.54) is 17.8 Å². The highest BCUT2D eigenvalue weighted by Crippen LogP contribution is 2.46. The smallest absolute Gasteiger partial charge is 0.395 e. The van der Waals surface area contributed by atoms with Gasteiger partial charge < -0.3 is 14.9 Å². The molecule has 1 aliphatic carbocycles. The number of β-amino-alcohol motifs (C(OH)–C–C–N with tert-alkyl or cyclic N) is 1. The minimum Gasteiger partial charge on any atom is -0.395 e. The molecule has 31 heavy (non-hydrogen) atoms. The SMILES string of the molecule is OCCN1CCN(CCCN2C3=C(C=CCC(C(F)(F)F)=C3)Sc3ccccc32)CC1. The number of rotatable bonds is 6. The molecule has 0 amide bonds. The Bertz CT molecular complexity index is 873. The second kappa shape index (κ2) is 9.81. The number of aliphatic hydroxyl groups excluding tert-OH is 1. The number of hydrogen-bond donors (Lipinski definition) is 1. The Morgan fingerprint density at radius 2 is 1.68 bits per heavy atom. The predicted octanol–water partition coefficient (Wildman–Crippen LogP) is 4.26. The molecule has 8 heteroatoms. The molecule has 0 aromatic heterocycles. The summed E-state index contributed by atoms with van der Waals surface area (Å²) < 4.78 is 40.5. The molecule has 1 fully saturated rings. The molecule has 2 heterocycles. The number of nitrogens with zero attached hydrogens (tertiary/aromatic N) is 3. The fraction of sp³-hybridized carbons (Fsp3) is 0.478. The second-order valence-electron chi connectivity index (χ2n) is 8.01. The van der Waals surface area contributed by atoms with E-state index in [0.717, 1.165) is 54.6 Å². The summed E-state index contributed by atoms with van der Waals surface area (Å²) in [5, 5.41) is 9.09. The van der Waals surface area contributed by atoms with Gasteiger partial charge >= 0.3 is 6.18 Å². The summed E-state index contributed by atoms with van der Waals surface area (Å²) >= 11 is 1.54. The first kappa shape index (κ1) is 22.5. The van der Waals surface area contributed by atoms with Crippen molar-refractivity contribution in [1.82, 2.24) is 9.80 Å². The Morgan fingerprint density at radius 1 is 0.968 bits per heavy atom. The van der Waals surface area contributed by atoms with Crippen LogP contribution in [0.4, 0.5) is 18.9 Å². The molecule has 4 rings (SSSR count). The van der Waals surface area contributed by atoms with Crippen molar-refractivity contribution in [3.63, 3.8) is 0 Å². The van der Waals surface area contributed by atoms with Crippen molar-refractivity contribution >= 4 is 17.4 Å². The number of para-hydroxylation sites is 1. The lowest BCUT2D eigenvalue weighted by molar-refractivity contribution is -0.0929. The average Bonchev–Trinajstić information content (AvgIpc) is 2.97. The van der Waals surface area contributed by atoms with Crippen LogP contribution in [0.25, 0.3) is 0 Å². The van der Waals surface area contributed by atoms with Gasteiger partial charge in [0.15, 0.2) is 0 Å². The van der Waals surface area contributed by atoms with Gasteiger partial charge in [-0.15, -0.1) is 0 Å². The molecule has 0 unspecified atom stereocenters. The van der Waals surface area contributed by atoms with E-state index in [2.05, 4.69) is 14.7 Å². The first-order chi connectivity index (χ1) is 15.0. The van der Waals surface area contributed by atoms with Crippen LogP contribution in [0.5, 0.6) is 0 Å². The number of anilines is 1. The molecule has 0 spiro atoms. The number of alkyl halides is 3. The van der Waals surface area contributed by atoms with Crippen molar-refractivity contribution < 1.29 is 18.3 Å². The van der Waals surface area contributed by atoms with E-state index in [9.17, 15) is 13.2 Å². The van der Waals surface area contributed by atoms with E-state index < -0.39 is 11.7 Å². The van der Waals surface area contributed by atoms with Crippen LogP contribution in [0, 0.1) is 0 Å². The molecule has 0 saturated carbocycles. The van der Waals surface area contributed by atoms with Crippen molar-refractivity contribution in [3.05, 3.63) is 58.7 Å². The molecule has 0 radical (unpaired) electrons. The first-order valence-electron chi connectivity index (χ1n) is 10.7. The summed E-state index contributed by atoms with van der Waals surface area (Å²) in [7, 11) is 0. The van der Waals surface area contributed by atoms with Gasteiger partial charge in [-0.25, -0.2) is 0 Å². The van der Waals surface area contributed by atoms with Crippen LogP contribution in [0.3, 0.4) is 0 Å². The van der Waals surface area contributed by atoms with Gasteiger partial charge in [0.2, 0.25) is 0 Å². The molecular weight excluding hydrogens is 423 g/mol. The maximum absolute atomic E-state index is 13.5. The molecular formula is C23H28F3N3OS. The Labute approximate surface area is 185 Å².